The Morgan fingerprint density at radius 2 is 1.90 bits per heavy atom. The van der Waals surface area contributed by atoms with Crippen molar-refractivity contribution in [3.05, 3.63) is 41.2 Å². The van der Waals surface area contributed by atoms with Crippen LogP contribution in [0.15, 0.2) is 30.5 Å². The third kappa shape index (κ3) is 4.25. The SMILES string of the molecule is CN(C)c1ncc(-c2cccc(Cl)c2)c([C@H]2CCCCN2C(=O)C2CCCC2)n1. The summed E-state index contributed by atoms with van der Waals surface area (Å²) in [6, 6.07) is 7.80. The highest BCUT2D eigenvalue weighted by atomic mass is 35.5. The zero-order valence-electron chi connectivity index (χ0n) is 17.3. The van der Waals surface area contributed by atoms with Gasteiger partial charge in [-0.15, -0.1) is 0 Å². The predicted octanol–water partition coefficient (Wildman–Crippen LogP) is 5.11. The summed E-state index contributed by atoms with van der Waals surface area (Å²) >= 11 is 6.27. The van der Waals surface area contributed by atoms with Gasteiger partial charge in [0.2, 0.25) is 11.9 Å². The zero-order chi connectivity index (χ0) is 20.4. The molecular formula is C23H29ClN4O. The van der Waals surface area contributed by atoms with Gasteiger partial charge >= 0.3 is 0 Å². The van der Waals surface area contributed by atoms with E-state index in [1.54, 1.807) is 0 Å². The van der Waals surface area contributed by atoms with E-state index in [1.807, 2.05) is 49.5 Å². The number of halogens is 1. The number of anilines is 1. The Kier molecular flexibility index (Phi) is 6.04. The predicted molar refractivity (Wildman–Crippen MR) is 117 cm³/mol. The molecule has 1 atom stereocenters. The Morgan fingerprint density at radius 3 is 2.62 bits per heavy atom. The van der Waals surface area contributed by atoms with Crippen molar-refractivity contribution < 1.29 is 4.79 Å². The average Bonchev–Trinajstić information content (AvgIpc) is 3.27. The fourth-order valence-corrected chi connectivity index (χ4v) is 4.81. The summed E-state index contributed by atoms with van der Waals surface area (Å²) in [4.78, 5) is 26.9. The number of nitrogens with zero attached hydrogens (tertiary/aromatic N) is 4. The first-order valence-electron chi connectivity index (χ1n) is 10.7. The van der Waals surface area contributed by atoms with E-state index < -0.39 is 0 Å². The van der Waals surface area contributed by atoms with E-state index in [9.17, 15) is 4.79 Å². The van der Waals surface area contributed by atoms with Gasteiger partial charge in [-0.3, -0.25) is 4.79 Å². The van der Waals surface area contributed by atoms with Crippen molar-refractivity contribution in [3.63, 3.8) is 0 Å². The highest BCUT2D eigenvalue weighted by Crippen LogP contribution is 2.39. The van der Waals surface area contributed by atoms with Crippen molar-refractivity contribution in [3.8, 4) is 11.1 Å². The number of carbonyl (C=O) groups is 1. The van der Waals surface area contributed by atoms with Gasteiger partial charge in [0.05, 0.1) is 11.7 Å². The second-order valence-electron chi connectivity index (χ2n) is 8.40. The van der Waals surface area contributed by atoms with Gasteiger partial charge in [-0.25, -0.2) is 9.97 Å². The lowest BCUT2D eigenvalue weighted by Crippen LogP contribution is -2.42. The molecule has 1 aliphatic heterocycles. The summed E-state index contributed by atoms with van der Waals surface area (Å²) in [5, 5.41) is 0.688. The quantitative estimate of drug-likeness (QED) is 0.700. The second-order valence-corrected chi connectivity index (χ2v) is 8.83. The molecule has 5 nitrogen and oxygen atoms in total. The van der Waals surface area contributed by atoms with Crippen LogP contribution in [-0.2, 0) is 4.79 Å². The first kappa shape index (κ1) is 20.1. The topological polar surface area (TPSA) is 49.3 Å². The van der Waals surface area contributed by atoms with Crippen molar-refractivity contribution in [2.45, 2.75) is 51.0 Å². The van der Waals surface area contributed by atoms with Gasteiger partial charge in [-0.2, -0.15) is 0 Å². The zero-order valence-corrected chi connectivity index (χ0v) is 18.0. The molecule has 0 unspecified atom stereocenters. The fraction of sp³-hybridized carbons (Fsp3) is 0.522. The van der Waals surface area contributed by atoms with Crippen molar-refractivity contribution in [2.75, 3.05) is 25.5 Å². The lowest BCUT2D eigenvalue weighted by molar-refractivity contribution is -0.139. The van der Waals surface area contributed by atoms with Crippen LogP contribution < -0.4 is 4.90 Å². The van der Waals surface area contributed by atoms with Gasteiger partial charge in [-0.05, 0) is 49.8 Å². The maximum absolute atomic E-state index is 13.4. The summed E-state index contributed by atoms with van der Waals surface area (Å²) in [5.74, 6) is 1.17. The molecule has 1 aliphatic carbocycles. The van der Waals surface area contributed by atoms with Crippen molar-refractivity contribution in [2.24, 2.45) is 5.92 Å². The number of rotatable bonds is 4. The Labute approximate surface area is 178 Å². The normalized spacial score (nSPS) is 20.1. The third-order valence-electron chi connectivity index (χ3n) is 6.15. The molecule has 1 saturated carbocycles. The lowest BCUT2D eigenvalue weighted by Gasteiger charge is -2.38. The standard InChI is InChI=1S/C23H29ClN4O/c1-27(2)23-25-15-19(17-10-7-11-18(24)14-17)21(26-23)20-12-5-6-13-28(20)22(29)16-8-3-4-9-16/h7,10-11,14-16,20H,3-6,8-9,12-13H2,1-2H3/t20-/m1/s1. The van der Waals surface area contributed by atoms with E-state index in [0.29, 0.717) is 16.9 Å². The number of piperidine rings is 1. The number of carbonyl (C=O) groups excluding carboxylic acids is 1. The largest absolute Gasteiger partial charge is 0.347 e. The van der Waals surface area contributed by atoms with E-state index in [-0.39, 0.29) is 12.0 Å². The van der Waals surface area contributed by atoms with E-state index in [2.05, 4.69) is 9.88 Å². The van der Waals surface area contributed by atoms with Gasteiger partial charge in [0.1, 0.15) is 0 Å². The molecule has 0 radical (unpaired) electrons. The van der Waals surface area contributed by atoms with Gasteiger partial charge in [-0.1, -0.05) is 36.6 Å². The highest BCUT2D eigenvalue weighted by molar-refractivity contribution is 6.30. The summed E-state index contributed by atoms with van der Waals surface area (Å²) < 4.78 is 0. The van der Waals surface area contributed by atoms with Crippen molar-refractivity contribution in [1.29, 1.82) is 0 Å². The number of aromatic nitrogens is 2. The van der Waals surface area contributed by atoms with Crippen LogP contribution in [0.3, 0.4) is 0 Å². The molecule has 1 aromatic heterocycles. The Balaban J connectivity index is 1.77. The van der Waals surface area contributed by atoms with Gasteiger partial charge in [0.15, 0.2) is 0 Å². The van der Waals surface area contributed by atoms with Crippen LogP contribution in [0, 0.1) is 5.92 Å². The molecule has 4 rings (SSSR count). The monoisotopic (exact) mass is 412 g/mol. The minimum atomic E-state index is -0.00692. The molecule has 1 amide bonds. The Morgan fingerprint density at radius 1 is 1.14 bits per heavy atom. The second kappa shape index (κ2) is 8.70. The first-order valence-corrected chi connectivity index (χ1v) is 11.0. The van der Waals surface area contributed by atoms with E-state index in [1.165, 1.54) is 12.8 Å². The van der Waals surface area contributed by atoms with Crippen LogP contribution >= 0.6 is 11.6 Å². The molecule has 0 bridgehead atoms. The Hall–Kier alpha value is -2.14. The lowest BCUT2D eigenvalue weighted by atomic mass is 9.92. The minimum absolute atomic E-state index is 0.00692. The average molecular weight is 413 g/mol. The molecule has 29 heavy (non-hydrogen) atoms. The molecule has 2 aliphatic rings. The van der Waals surface area contributed by atoms with Crippen LogP contribution in [0.4, 0.5) is 5.95 Å². The number of hydrogen-bond donors (Lipinski definition) is 0. The van der Waals surface area contributed by atoms with Crippen LogP contribution in [0.5, 0.6) is 0 Å². The van der Waals surface area contributed by atoms with Crippen LogP contribution in [-0.4, -0.2) is 41.4 Å². The van der Waals surface area contributed by atoms with Crippen molar-refractivity contribution in [1.82, 2.24) is 14.9 Å². The molecule has 154 valence electrons. The van der Waals surface area contributed by atoms with Gasteiger partial charge in [0, 0.05) is 43.3 Å². The Bertz CT molecular complexity index is 879. The molecule has 1 saturated heterocycles. The summed E-state index contributed by atoms with van der Waals surface area (Å²) in [7, 11) is 3.89. The summed E-state index contributed by atoms with van der Waals surface area (Å²) in [6.07, 6.45) is 9.38. The van der Waals surface area contributed by atoms with E-state index >= 15 is 0 Å². The fourth-order valence-electron chi connectivity index (χ4n) is 4.62. The van der Waals surface area contributed by atoms with Crippen LogP contribution in [0.2, 0.25) is 5.02 Å². The van der Waals surface area contributed by atoms with Gasteiger partial charge < -0.3 is 9.80 Å². The molecule has 1 aromatic carbocycles. The molecule has 0 spiro atoms. The number of likely N-dealkylation sites (tertiary alicyclic amines) is 1. The smallest absolute Gasteiger partial charge is 0.226 e. The van der Waals surface area contributed by atoms with E-state index in [0.717, 1.165) is 55.5 Å². The summed E-state index contributed by atoms with van der Waals surface area (Å²) in [6.45, 7) is 0.816. The molecule has 2 heterocycles. The molecule has 2 aromatic rings. The number of benzene rings is 1. The van der Waals surface area contributed by atoms with E-state index in [4.69, 9.17) is 16.6 Å². The third-order valence-corrected chi connectivity index (χ3v) is 6.38. The first-order chi connectivity index (χ1) is 14.0. The maximum Gasteiger partial charge on any atom is 0.226 e. The highest BCUT2D eigenvalue weighted by Gasteiger charge is 2.35. The van der Waals surface area contributed by atoms with Crippen LogP contribution in [0.25, 0.3) is 11.1 Å². The molecule has 0 N–H and O–H groups in total. The van der Waals surface area contributed by atoms with Crippen molar-refractivity contribution >= 4 is 23.5 Å². The number of hydrogen-bond acceptors (Lipinski definition) is 4. The number of amides is 1. The minimum Gasteiger partial charge on any atom is -0.347 e. The van der Waals surface area contributed by atoms with Crippen LogP contribution in [0.1, 0.15) is 56.7 Å². The molecule has 2 fully saturated rings. The van der Waals surface area contributed by atoms with Gasteiger partial charge in [0.25, 0.3) is 0 Å². The summed E-state index contributed by atoms with van der Waals surface area (Å²) in [5.41, 5.74) is 2.91. The molecular weight excluding hydrogens is 384 g/mol. The maximum atomic E-state index is 13.4. The molecule has 6 heteroatoms.